The zero-order chi connectivity index (χ0) is 16.0. The maximum absolute atomic E-state index is 12.5. The molecule has 0 fully saturated rings. The number of ether oxygens (including phenoxy) is 3. The lowest BCUT2D eigenvalue weighted by atomic mass is 10.0. The molecule has 0 N–H and O–H groups in total. The van der Waals surface area contributed by atoms with Gasteiger partial charge in [0.1, 0.15) is 5.57 Å². The topological polar surface area (TPSA) is 61.8 Å². The molecule has 0 radical (unpaired) electrons. The first-order chi connectivity index (χ1) is 9.89. The van der Waals surface area contributed by atoms with Gasteiger partial charge in [-0.25, -0.2) is 4.79 Å². The highest BCUT2D eigenvalue weighted by Gasteiger charge is 2.38. The summed E-state index contributed by atoms with van der Waals surface area (Å²) in [5.74, 6) is -3.03. The number of carbonyl (C=O) groups is 2. The minimum absolute atomic E-state index is 0.211. The Hall–Kier alpha value is -1.69. The number of halogens is 1. The third kappa shape index (κ3) is 3.91. The molecule has 1 rings (SSSR count). The van der Waals surface area contributed by atoms with Crippen molar-refractivity contribution in [2.24, 2.45) is 0 Å². The lowest BCUT2D eigenvalue weighted by molar-refractivity contribution is -0.195. The van der Waals surface area contributed by atoms with E-state index in [-0.39, 0.29) is 5.57 Å². The Labute approximate surface area is 128 Å². The Balaban J connectivity index is 3.34. The van der Waals surface area contributed by atoms with Crippen LogP contribution in [0.4, 0.5) is 0 Å². The second-order valence-corrected chi connectivity index (χ2v) is 4.66. The molecule has 0 aliphatic rings. The van der Waals surface area contributed by atoms with Crippen LogP contribution >= 0.6 is 11.6 Å². The van der Waals surface area contributed by atoms with Gasteiger partial charge in [0.05, 0.1) is 7.11 Å². The van der Waals surface area contributed by atoms with Crippen molar-refractivity contribution in [1.82, 2.24) is 0 Å². The van der Waals surface area contributed by atoms with Gasteiger partial charge in [-0.15, -0.1) is 0 Å². The molecule has 0 saturated heterocycles. The molecule has 0 aromatic heterocycles. The SMILES string of the molecule is COC(=O)/C(=C\c1ccccc1Cl)C(=O)C(C)(OC)OC. The monoisotopic (exact) mass is 312 g/mol. The quantitative estimate of drug-likeness (QED) is 0.265. The lowest BCUT2D eigenvalue weighted by Gasteiger charge is -2.25. The standard InChI is InChI=1S/C15H17ClO5/c1-15(20-3,21-4)13(17)11(14(18)19-2)9-10-7-5-6-8-12(10)16/h5-9H,1-4H3/b11-9-. The van der Waals surface area contributed by atoms with E-state index in [9.17, 15) is 9.59 Å². The summed E-state index contributed by atoms with van der Waals surface area (Å²) in [5.41, 5.74) is 0.305. The average molecular weight is 313 g/mol. The molecule has 0 atom stereocenters. The van der Waals surface area contributed by atoms with Gasteiger partial charge in [-0.3, -0.25) is 4.79 Å². The van der Waals surface area contributed by atoms with Crippen molar-refractivity contribution < 1.29 is 23.8 Å². The average Bonchev–Trinajstić information content (AvgIpc) is 2.52. The van der Waals surface area contributed by atoms with Crippen LogP contribution in [0.15, 0.2) is 29.8 Å². The van der Waals surface area contributed by atoms with Gasteiger partial charge in [0, 0.05) is 19.2 Å². The summed E-state index contributed by atoms with van der Waals surface area (Å²) in [7, 11) is 3.81. The van der Waals surface area contributed by atoms with Crippen molar-refractivity contribution in [3.8, 4) is 0 Å². The van der Waals surface area contributed by atoms with E-state index < -0.39 is 17.5 Å². The van der Waals surface area contributed by atoms with Crippen LogP contribution in [0.25, 0.3) is 6.08 Å². The largest absolute Gasteiger partial charge is 0.465 e. The van der Waals surface area contributed by atoms with E-state index in [2.05, 4.69) is 4.74 Å². The summed E-state index contributed by atoms with van der Waals surface area (Å²) < 4.78 is 14.7. The maximum Gasteiger partial charge on any atom is 0.341 e. The summed E-state index contributed by atoms with van der Waals surface area (Å²) in [6.07, 6.45) is 1.35. The van der Waals surface area contributed by atoms with Gasteiger partial charge >= 0.3 is 5.97 Å². The first-order valence-electron chi connectivity index (χ1n) is 6.09. The molecular weight excluding hydrogens is 296 g/mol. The van der Waals surface area contributed by atoms with Crippen molar-refractivity contribution in [3.05, 3.63) is 40.4 Å². The number of Topliss-reactive ketones (excluding diaryl/α,β-unsaturated/α-hetero) is 1. The molecule has 0 saturated carbocycles. The van der Waals surface area contributed by atoms with E-state index in [1.54, 1.807) is 24.3 Å². The van der Waals surface area contributed by atoms with Crippen LogP contribution in [0.3, 0.4) is 0 Å². The van der Waals surface area contributed by atoms with Crippen molar-refractivity contribution in [1.29, 1.82) is 0 Å². The molecule has 0 bridgehead atoms. The fourth-order valence-corrected chi connectivity index (χ4v) is 1.78. The number of hydrogen-bond acceptors (Lipinski definition) is 5. The Morgan fingerprint density at radius 3 is 2.19 bits per heavy atom. The van der Waals surface area contributed by atoms with Crippen molar-refractivity contribution in [2.75, 3.05) is 21.3 Å². The summed E-state index contributed by atoms with van der Waals surface area (Å²) >= 11 is 6.03. The molecule has 0 aliphatic heterocycles. The van der Waals surface area contributed by atoms with Crippen LogP contribution in [0, 0.1) is 0 Å². The van der Waals surface area contributed by atoms with E-state index in [0.717, 1.165) is 0 Å². The van der Waals surface area contributed by atoms with Gasteiger partial charge in [0.15, 0.2) is 0 Å². The number of benzene rings is 1. The highest BCUT2D eigenvalue weighted by molar-refractivity contribution is 6.32. The highest BCUT2D eigenvalue weighted by atomic mass is 35.5. The molecule has 0 amide bonds. The first-order valence-corrected chi connectivity index (χ1v) is 6.47. The third-order valence-electron chi connectivity index (χ3n) is 3.05. The summed E-state index contributed by atoms with van der Waals surface area (Å²) in [5, 5.41) is 0.406. The van der Waals surface area contributed by atoms with Gasteiger partial charge in [-0.05, 0) is 24.6 Å². The summed E-state index contributed by atoms with van der Waals surface area (Å²) in [6.45, 7) is 1.42. The molecule has 6 heteroatoms. The van der Waals surface area contributed by atoms with Crippen molar-refractivity contribution in [3.63, 3.8) is 0 Å². The Morgan fingerprint density at radius 2 is 1.71 bits per heavy atom. The molecule has 5 nitrogen and oxygen atoms in total. The van der Waals surface area contributed by atoms with Crippen LogP contribution in [-0.4, -0.2) is 38.9 Å². The minimum Gasteiger partial charge on any atom is -0.465 e. The zero-order valence-corrected chi connectivity index (χ0v) is 13.1. The van der Waals surface area contributed by atoms with E-state index in [1.807, 2.05) is 0 Å². The normalized spacial score (nSPS) is 12.1. The number of hydrogen-bond donors (Lipinski definition) is 0. The number of rotatable bonds is 6. The molecule has 21 heavy (non-hydrogen) atoms. The molecule has 1 aromatic carbocycles. The number of carbonyl (C=O) groups excluding carboxylic acids is 2. The van der Waals surface area contributed by atoms with Crippen molar-refractivity contribution >= 4 is 29.4 Å². The summed E-state index contributed by atoms with van der Waals surface area (Å²) in [4.78, 5) is 24.4. The van der Waals surface area contributed by atoms with Gasteiger partial charge in [0.2, 0.25) is 11.6 Å². The summed E-state index contributed by atoms with van der Waals surface area (Å²) in [6, 6.07) is 6.81. The molecule has 114 valence electrons. The van der Waals surface area contributed by atoms with E-state index in [1.165, 1.54) is 34.3 Å². The first kappa shape index (κ1) is 17.4. The van der Waals surface area contributed by atoms with E-state index in [0.29, 0.717) is 10.6 Å². The Kier molecular flexibility index (Phi) is 6.08. The lowest BCUT2D eigenvalue weighted by Crippen LogP contribution is -2.42. The van der Waals surface area contributed by atoms with Crippen LogP contribution in [0.1, 0.15) is 12.5 Å². The van der Waals surface area contributed by atoms with Crippen LogP contribution in [0.2, 0.25) is 5.02 Å². The second-order valence-electron chi connectivity index (χ2n) is 4.25. The molecule has 0 unspecified atom stereocenters. The second kappa shape index (κ2) is 7.36. The van der Waals surface area contributed by atoms with Gasteiger partial charge in [-0.1, -0.05) is 29.8 Å². The van der Waals surface area contributed by atoms with Gasteiger partial charge in [0.25, 0.3) is 0 Å². The van der Waals surface area contributed by atoms with Crippen LogP contribution in [-0.2, 0) is 23.8 Å². The number of methoxy groups -OCH3 is 3. The minimum atomic E-state index is -1.58. The molecule has 0 heterocycles. The van der Waals surface area contributed by atoms with E-state index in [4.69, 9.17) is 21.1 Å². The number of esters is 1. The Morgan fingerprint density at radius 1 is 1.14 bits per heavy atom. The van der Waals surface area contributed by atoms with Crippen LogP contribution < -0.4 is 0 Å². The molecule has 1 aromatic rings. The zero-order valence-electron chi connectivity index (χ0n) is 12.3. The number of ketones is 1. The van der Waals surface area contributed by atoms with Crippen LogP contribution in [0.5, 0.6) is 0 Å². The Bertz CT molecular complexity index is 561. The molecular formula is C15H17ClO5. The van der Waals surface area contributed by atoms with E-state index >= 15 is 0 Å². The predicted molar refractivity (Wildman–Crippen MR) is 78.9 cm³/mol. The highest BCUT2D eigenvalue weighted by Crippen LogP contribution is 2.23. The third-order valence-corrected chi connectivity index (χ3v) is 3.39. The van der Waals surface area contributed by atoms with Crippen molar-refractivity contribution in [2.45, 2.75) is 12.7 Å². The molecule has 0 aliphatic carbocycles. The van der Waals surface area contributed by atoms with Gasteiger partial charge < -0.3 is 14.2 Å². The fourth-order valence-electron chi connectivity index (χ4n) is 1.59. The smallest absolute Gasteiger partial charge is 0.341 e. The van der Waals surface area contributed by atoms with Gasteiger partial charge in [-0.2, -0.15) is 0 Å². The molecule has 0 spiro atoms. The predicted octanol–water partition coefficient (Wildman–Crippen LogP) is 2.47. The maximum atomic E-state index is 12.5. The fraction of sp³-hybridized carbons (Fsp3) is 0.333.